The number of methoxy groups -OCH3 is 1. The molecule has 0 unspecified atom stereocenters. The van der Waals surface area contributed by atoms with Crippen LogP contribution in [0.4, 0.5) is 0 Å². The Morgan fingerprint density at radius 1 is 1.25 bits per heavy atom. The Morgan fingerprint density at radius 3 is 2.72 bits per heavy atom. The van der Waals surface area contributed by atoms with Gasteiger partial charge >= 0.3 is 0 Å². The number of nitrogens with one attached hydrogen (secondary N) is 1. The average Bonchev–Trinajstić information content (AvgIpc) is 2.78. The molecule has 0 bridgehead atoms. The molecule has 1 amide bonds. The van der Waals surface area contributed by atoms with Crippen molar-refractivity contribution in [3.8, 4) is 5.75 Å². The predicted octanol–water partition coefficient (Wildman–Crippen LogP) is 1.64. The quantitative estimate of drug-likeness (QED) is 0.212. The number of carbonyl (C=O) groups is 1. The third-order valence-electron chi connectivity index (χ3n) is 5.64. The van der Waals surface area contributed by atoms with Gasteiger partial charge in [-0.25, -0.2) is 15.9 Å². The second-order valence-electron chi connectivity index (χ2n) is 8.30. The molecule has 0 spiro atoms. The second kappa shape index (κ2) is 10.9. The van der Waals surface area contributed by atoms with Gasteiger partial charge in [-0.3, -0.25) is 4.79 Å². The van der Waals surface area contributed by atoms with Crippen LogP contribution in [0.2, 0.25) is 0 Å². The minimum absolute atomic E-state index is 0.243. The Bertz CT molecular complexity index is 955. The monoisotopic (exact) mass is 439 g/mol. The van der Waals surface area contributed by atoms with Crippen LogP contribution in [0.5, 0.6) is 5.75 Å². The molecule has 0 radical (unpaired) electrons. The summed E-state index contributed by atoms with van der Waals surface area (Å²) in [5.74, 6) is 7.21. The number of aromatic nitrogens is 1. The van der Waals surface area contributed by atoms with Crippen molar-refractivity contribution < 1.29 is 9.53 Å². The maximum Gasteiger partial charge on any atom is 0.270 e. The molecule has 1 aliphatic carbocycles. The summed E-state index contributed by atoms with van der Waals surface area (Å²) in [7, 11) is 1.61. The molecule has 1 aliphatic rings. The van der Waals surface area contributed by atoms with E-state index in [1.807, 2.05) is 24.3 Å². The number of hydrazine groups is 1. The zero-order valence-electron chi connectivity index (χ0n) is 18.8. The highest BCUT2D eigenvalue weighted by molar-refractivity contribution is 6.00. The Labute approximate surface area is 189 Å². The lowest BCUT2D eigenvalue weighted by Gasteiger charge is -2.28. The molecule has 1 heterocycles. The minimum atomic E-state index is -0.297. The number of rotatable bonds is 8. The van der Waals surface area contributed by atoms with Crippen LogP contribution < -0.4 is 27.4 Å². The summed E-state index contributed by atoms with van der Waals surface area (Å²) < 4.78 is 5.22. The fourth-order valence-electron chi connectivity index (χ4n) is 3.86. The van der Waals surface area contributed by atoms with Crippen LogP contribution >= 0.6 is 0 Å². The maximum absolute atomic E-state index is 12.7. The lowest BCUT2D eigenvalue weighted by atomic mass is 9.86. The molecule has 3 rings (SSSR count). The lowest BCUT2D eigenvalue weighted by molar-refractivity contribution is 0.0945. The highest BCUT2D eigenvalue weighted by Gasteiger charge is 2.20. The van der Waals surface area contributed by atoms with Crippen molar-refractivity contribution in [1.82, 2.24) is 15.4 Å². The number of pyridine rings is 1. The molecule has 2 aromatic rings. The largest absolute Gasteiger partial charge is 0.497 e. The number of nitrogens with zero attached hydrogens (tertiary/aromatic N) is 3. The molecule has 0 saturated heterocycles. The number of aryl methyl sites for hydroxylation is 1. The van der Waals surface area contributed by atoms with Gasteiger partial charge in [-0.2, -0.15) is 0 Å². The van der Waals surface area contributed by atoms with Gasteiger partial charge in [0.05, 0.1) is 13.7 Å². The summed E-state index contributed by atoms with van der Waals surface area (Å²) in [6, 6.07) is 11.2. The van der Waals surface area contributed by atoms with E-state index in [0.717, 1.165) is 37.0 Å². The normalized spacial score (nSPS) is 18.8. The van der Waals surface area contributed by atoms with E-state index in [-0.39, 0.29) is 17.4 Å². The smallest absolute Gasteiger partial charge is 0.270 e. The number of amides is 1. The van der Waals surface area contributed by atoms with Crippen LogP contribution in [-0.4, -0.2) is 41.5 Å². The fourth-order valence-corrected chi connectivity index (χ4v) is 3.86. The van der Waals surface area contributed by atoms with Gasteiger partial charge in [0, 0.05) is 23.8 Å². The summed E-state index contributed by atoms with van der Waals surface area (Å²) in [5, 5.41) is 8.57. The van der Waals surface area contributed by atoms with Crippen LogP contribution in [0.3, 0.4) is 0 Å². The van der Waals surface area contributed by atoms with Crippen LogP contribution in [0.25, 0.3) is 0 Å². The SMILES string of the molecule is COc1cccc(CNC(=O)c2cc(/C(N)=N/N(N)CC3CCC(N)CC3)cc(C)n2)c1. The molecule has 0 atom stereocenters. The zero-order valence-corrected chi connectivity index (χ0v) is 18.8. The average molecular weight is 440 g/mol. The number of amidine groups is 1. The molecule has 32 heavy (non-hydrogen) atoms. The van der Waals surface area contributed by atoms with Gasteiger partial charge in [0.25, 0.3) is 5.91 Å². The standard InChI is InChI=1S/C23H33N7O2/c1-15-10-18(22(25)29-30(26)14-16-6-8-19(24)9-7-16)12-21(28-15)23(31)27-13-17-4-3-5-20(11-17)32-2/h3-5,10-12,16,19H,6-9,13-14,24,26H2,1-2H3,(H2,25,29)(H,27,31). The molecule has 172 valence electrons. The van der Waals surface area contributed by atoms with Crippen molar-refractivity contribution in [3.63, 3.8) is 0 Å². The van der Waals surface area contributed by atoms with Crippen molar-refractivity contribution in [2.45, 2.75) is 45.2 Å². The van der Waals surface area contributed by atoms with E-state index in [9.17, 15) is 4.79 Å². The number of carbonyl (C=O) groups excluding carboxylic acids is 1. The van der Waals surface area contributed by atoms with Gasteiger partial charge in [-0.1, -0.05) is 12.1 Å². The van der Waals surface area contributed by atoms with Crippen molar-refractivity contribution in [2.24, 2.45) is 28.3 Å². The molecule has 0 aliphatic heterocycles. The number of benzene rings is 1. The zero-order chi connectivity index (χ0) is 23.1. The van der Waals surface area contributed by atoms with E-state index < -0.39 is 0 Å². The molecule has 1 saturated carbocycles. The van der Waals surface area contributed by atoms with Crippen molar-refractivity contribution in [3.05, 3.63) is 58.9 Å². The third-order valence-corrected chi connectivity index (χ3v) is 5.64. The number of hydrazone groups is 1. The van der Waals surface area contributed by atoms with Crippen molar-refractivity contribution in [1.29, 1.82) is 0 Å². The maximum atomic E-state index is 12.7. The predicted molar refractivity (Wildman–Crippen MR) is 125 cm³/mol. The van der Waals surface area contributed by atoms with Gasteiger partial charge in [-0.15, -0.1) is 5.10 Å². The first-order valence-electron chi connectivity index (χ1n) is 10.9. The molecule has 9 nitrogen and oxygen atoms in total. The Kier molecular flexibility index (Phi) is 8.02. The van der Waals surface area contributed by atoms with Crippen LogP contribution in [0.1, 0.15) is 53.0 Å². The molecular formula is C23H33N7O2. The van der Waals surface area contributed by atoms with Gasteiger partial charge in [0.1, 0.15) is 11.4 Å². The summed E-state index contributed by atoms with van der Waals surface area (Å²) in [6.45, 7) is 2.78. The summed E-state index contributed by atoms with van der Waals surface area (Å²) in [4.78, 5) is 17.0. The van der Waals surface area contributed by atoms with Gasteiger partial charge < -0.3 is 21.5 Å². The number of hydrogen-bond acceptors (Lipinski definition) is 7. The second-order valence-corrected chi connectivity index (χ2v) is 8.30. The number of ether oxygens (including phenoxy) is 1. The molecule has 1 aromatic carbocycles. The summed E-state index contributed by atoms with van der Waals surface area (Å²) in [5.41, 5.74) is 14.6. The van der Waals surface area contributed by atoms with Crippen LogP contribution in [0.15, 0.2) is 41.5 Å². The van der Waals surface area contributed by atoms with Crippen LogP contribution in [0, 0.1) is 12.8 Å². The topological polar surface area (TPSA) is 145 Å². The van der Waals surface area contributed by atoms with Gasteiger partial charge in [-0.05, 0) is 68.4 Å². The van der Waals surface area contributed by atoms with E-state index >= 15 is 0 Å². The van der Waals surface area contributed by atoms with Gasteiger partial charge in [0.15, 0.2) is 5.84 Å². The lowest BCUT2D eigenvalue weighted by Crippen LogP contribution is -2.37. The summed E-state index contributed by atoms with van der Waals surface area (Å²) >= 11 is 0. The molecule has 7 N–H and O–H groups in total. The fraction of sp³-hybridized carbons (Fsp3) is 0.435. The number of hydrogen-bond donors (Lipinski definition) is 4. The first-order valence-corrected chi connectivity index (χ1v) is 10.9. The first kappa shape index (κ1) is 23.5. The highest BCUT2D eigenvalue weighted by atomic mass is 16.5. The van der Waals surface area contributed by atoms with E-state index in [4.69, 9.17) is 22.0 Å². The Balaban J connectivity index is 1.64. The van der Waals surface area contributed by atoms with Crippen molar-refractivity contribution >= 4 is 11.7 Å². The molecule has 1 aromatic heterocycles. The van der Waals surface area contributed by atoms with E-state index in [1.165, 1.54) is 5.12 Å². The minimum Gasteiger partial charge on any atom is -0.497 e. The summed E-state index contributed by atoms with van der Waals surface area (Å²) in [6.07, 6.45) is 4.09. The Morgan fingerprint density at radius 2 is 2.00 bits per heavy atom. The molecule has 1 fully saturated rings. The highest BCUT2D eigenvalue weighted by Crippen LogP contribution is 2.23. The molecule has 9 heteroatoms. The molecular weight excluding hydrogens is 406 g/mol. The van der Waals surface area contributed by atoms with Crippen LogP contribution in [-0.2, 0) is 6.54 Å². The van der Waals surface area contributed by atoms with Gasteiger partial charge in [0.2, 0.25) is 0 Å². The third kappa shape index (κ3) is 6.66. The van der Waals surface area contributed by atoms with Crippen molar-refractivity contribution in [2.75, 3.05) is 13.7 Å². The first-order chi connectivity index (χ1) is 15.3. The van der Waals surface area contributed by atoms with E-state index in [2.05, 4.69) is 15.4 Å². The number of nitrogens with two attached hydrogens (primary N) is 3. The van der Waals surface area contributed by atoms with E-state index in [1.54, 1.807) is 26.2 Å². The Hall–Kier alpha value is -3.17. The van der Waals surface area contributed by atoms with E-state index in [0.29, 0.717) is 36.3 Å².